The first-order valence-corrected chi connectivity index (χ1v) is 2.12. The largest absolute Gasteiger partial charge is 0.475 e. The highest BCUT2D eigenvalue weighted by Gasteiger charge is 2.26. The second-order valence-electron chi connectivity index (χ2n) is 1.34. The Bertz CT molecular complexity index is 123. The number of hydrogen-bond acceptors (Lipinski definition) is 3. The maximum absolute atomic E-state index is 9.81. The third-order valence-electron chi connectivity index (χ3n) is 0.796. The van der Waals surface area contributed by atoms with Gasteiger partial charge >= 0.3 is 6.23 Å². The molecule has 1 aliphatic heterocycles. The summed E-state index contributed by atoms with van der Waals surface area (Å²) in [6.45, 7) is 0. The van der Waals surface area contributed by atoms with Crippen molar-refractivity contribution >= 4 is 0 Å². The molecule has 1 aliphatic rings. The molecule has 0 fully saturated rings. The highest BCUT2D eigenvalue weighted by Crippen LogP contribution is 2.15. The van der Waals surface area contributed by atoms with Gasteiger partial charge in [-0.2, -0.15) is 0 Å². The topological polar surface area (TPSA) is 52.4 Å². The van der Waals surface area contributed by atoms with Crippen LogP contribution in [0.3, 0.4) is 0 Å². The van der Waals surface area contributed by atoms with Gasteiger partial charge < -0.3 is 4.74 Å². The second kappa shape index (κ2) is 1.81. The molecule has 0 aromatic heterocycles. The van der Waals surface area contributed by atoms with E-state index in [9.17, 15) is 10.1 Å². The van der Waals surface area contributed by atoms with E-state index >= 15 is 0 Å². The molecule has 8 heavy (non-hydrogen) atoms. The normalized spacial score (nSPS) is 18.5. The molecule has 0 aromatic rings. The van der Waals surface area contributed by atoms with Crippen molar-refractivity contribution in [3.05, 3.63) is 28.7 Å². The summed E-state index contributed by atoms with van der Waals surface area (Å²) >= 11 is 0. The molecule has 4 heteroatoms. The zero-order valence-electron chi connectivity index (χ0n) is 4.03. The van der Waals surface area contributed by atoms with Crippen molar-refractivity contribution < 1.29 is 9.66 Å². The molecule has 0 aliphatic carbocycles. The molecule has 1 rings (SSSR count). The summed E-state index contributed by atoms with van der Waals surface area (Å²) < 4.78 is 4.45. The number of ether oxygens (including phenoxy) is 1. The molecule has 0 amide bonds. The van der Waals surface area contributed by atoms with E-state index in [1.54, 1.807) is 6.08 Å². The Balaban J connectivity index is 2.41. The van der Waals surface area contributed by atoms with Gasteiger partial charge in [0, 0.05) is 0 Å². The Kier molecular flexibility index (Phi) is 1.15. The van der Waals surface area contributed by atoms with E-state index in [1.807, 2.05) is 0 Å². The quantitative estimate of drug-likeness (QED) is 0.372. The number of nitro groups is 1. The van der Waals surface area contributed by atoms with Crippen LogP contribution in [0.2, 0.25) is 0 Å². The van der Waals surface area contributed by atoms with E-state index in [0.29, 0.717) is 6.42 Å². The third kappa shape index (κ3) is 0.776. The zero-order valence-corrected chi connectivity index (χ0v) is 4.03. The third-order valence-corrected chi connectivity index (χ3v) is 0.796. The highest BCUT2D eigenvalue weighted by molar-refractivity contribution is 4.90. The Morgan fingerprint density at radius 1 is 1.88 bits per heavy atom. The Labute approximate surface area is 45.9 Å². The van der Waals surface area contributed by atoms with E-state index in [0.717, 1.165) is 0 Å². The highest BCUT2D eigenvalue weighted by atomic mass is 16.7. The van der Waals surface area contributed by atoms with Crippen LogP contribution in [0.5, 0.6) is 0 Å². The van der Waals surface area contributed by atoms with Crippen molar-refractivity contribution in [1.29, 1.82) is 0 Å². The van der Waals surface area contributed by atoms with Crippen LogP contribution in [0, 0.1) is 16.3 Å². The molecule has 0 unspecified atom stereocenters. The number of hydrogen-bond donors (Lipinski definition) is 0. The van der Waals surface area contributed by atoms with Gasteiger partial charge in [0.25, 0.3) is 0 Å². The summed E-state index contributed by atoms with van der Waals surface area (Å²) in [5, 5.41) is 9.81. The van der Waals surface area contributed by atoms with Crippen molar-refractivity contribution in [3.8, 4) is 0 Å². The van der Waals surface area contributed by atoms with E-state index in [4.69, 9.17) is 0 Å². The average Bonchev–Trinajstić information content (AvgIpc) is 2.12. The van der Waals surface area contributed by atoms with Crippen LogP contribution in [0.25, 0.3) is 0 Å². The summed E-state index contributed by atoms with van der Waals surface area (Å²) in [7, 11) is 0. The fraction of sp³-hybridized carbons (Fsp3) is 0.250. The van der Waals surface area contributed by atoms with Gasteiger partial charge in [-0.15, -0.1) is 0 Å². The molecule has 0 spiro atoms. The second-order valence-corrected chi connectivity index (χ2v) is 1.34. The van der Waals surface area contributed by atoms with Crippen molar-refractivity contribution in [3.63, 3.8) is 0 Å². The Hall–Kier alpha value is -1.06. The van der Waals surface area contributed by atoms with Gasteiger partial charge in [0.1, 0.15) is 0 Å². The van der Waals surface area contributed by atoms with Crippen molar-refractivity contribution in [1.82, 2.24) is 0 Å². The SMILES string of the molecule is O=[N+]([O-])[C]1CC=CO1. The molecular weight excluding hydrogens is 110 g/mol. The van der Waals surface area contributed by atoms with Gasteiger partial charge in [-0.05, 0) is 6.08 Å². The minimum atomic E-state index is -0.528. The standard InChI is InChI=1S/C4H4NO3/c6-5(7)4-2-1-3-8-4/h1,3H,2H2. The fourth-order valence-corrected chi connectivity index (χ4v) is 0.441. The molecule has 1 heterocycles. The number of rotatable bonds is 1. The van der Waals surface area contributed by atoms with Gasteiger partial charge in [-0.1, -0.05) is 0 Å². The van der Waals surface area contributed by atoms with Crippen LogP contribution in [0.4, 0.5) is 0 Å². The first-order valence-electron chi connectivity index (χ1n) is 2.12. The monoisotopic (exact) mass is 114 g/mol. The minimum Gasteiger partial charge on any atom is -0.428 e. The first kappa shape index (κ1) is 5.08. The van der Waals surface area contributed by atoms with Gasteiger partial charge in [0.2, 0.25) is 0 Å². The summed E-state index contributed by atoms with van der Waals surface area (Å²) in [4.78, 5) is 9.28. The fourth-order valence-electron chi connectivity index (χ4n) is 0.441. The molecule has 0 bridgehead atoms. The minimum absolute atomic E-state index is 0.0926. The molecular formula is C4H4NO3. The van der Waals surface area contributed by atoms with Gasteiger partial charge in [-0.25, -0.2) is 0 Å². The molecule has 43 valence electrons. The van der Waals surface area contributed by atoms with E-state index in [1.165, 1.54) is 6.26 Å². The molecule has 0 N–H and O–H groups in total. The van der Waals surface area contributed by atoms with Crippen LogP contribution >= 0.6 is 0 Å². The lowest BCUT2D eigenvalue weighted by Gasteiger charge is -1.93. The van der Waals surface area contributed by atoms with E-state index in [2.05, 4.69) is 4.74 Å². The zero-order chi connectivity index (χ0) is 5.98. The molecule has 1 radical (unpaired) electrons. The first-order chi connectivity index (χ1) is 3.80. The van der Waals surface area contributed by atoms with Gasteiger partial charge in [-0.3, -0.25) is 10.1 Å². The smallest absolute Gasteiger partial charge is 0.428 e. The summed E-state index contributed by atoms with van der Waals surface area (Å²) in [6, 6.07) is 0. The van der Waals surface area contributed by atoms with E-state index < -0.39 is 4.92 Å². The van der Waals surface area contributed by atoms with Gasteiger partial charge in [0.15, 0.2) is 0 Å². The van der Waals surface area contributed by atoms with E-state index in [-0.39, 0.29) is 6.23 Å². The predicted octanol–water partition coefficient (Wildman–Crippen LogP) is 0.687. The lowest BCUT2D eigenvalue weighted by Crippen LogP contribution is -2.06. The molecule has 0 aromatic carbocycles. The van der Waals surface area contributed by atoms with Crippen molar-refractivity contribution in [2.24, 2.45) is 0 Å². The Morgan fingerprint density at radius 3 is 2.88 bits per heavy atom. The molecule has 0 saturated heterocycles. The van der Waals surface area contributed by atoms with Crippen molar-refractivity contribution in [2.75, 3.05) is 0 Å². The summed E-state index contributed by atoms with van der Waals surface area (Å²) in [5.41, 5.74) is 0. The lowest BCUT2D eigenvalue weighted by molar-refractivity contribution is -0.503. The van der Waals surface area contributed by atoms with Crippen molar-refractivity contribution in [2.45, 2.75) is 6.42 Å². The Morgan fingerprint density at radius 2 is 2.62 bits per heavy atom. The summed E-state index contributed by atoms with van der Waals surface area (Å²) in [5.74, 6) is 0. The summed E-state index contributed by atoms with van der Waals surface area (Å²) in [6.07, 6.45) is 3.13. The van der Waals surface area contributed by atoms with Crippen LogP contribution in [-0.2, 0) is 4.74 Å². The lowest BCUT2D eigenvalue weighted by atomic mass is 10.4. The van der Waals surface area contributed by atoms with Crippen LogP contribution in [-0.4, -0.2) is 4.92 Å². The van der Waals surface area contributed by atoms with Crippen LogP contribution in [0.1, 0.15) is 6.42 Å². The number of nitrogens with zero attached hydrogens (tertiary/aromatic N) is 1. The van der Waals surface area contributed by atoms with Crippen LogP contribution < -0.4 is 0 Å². The molecule has 4 nitrogen and oxygen atoms in total. The average molecular weight is 114 g/mol. The van der Waals surface area contributed by atoms with Gasteiger partial charge in [0.05, 0.1) is 17.6 Å². The maximum atomic E-state index is 9.81. The predicted molar refractivity (Wildman–Crippen MR) is 25.1 cm³/mol. The molecule has 0 saturated carbocycles. The maximum Gasteiger partial charge on any atom is 0.475 e. The van der Waals surface area contributed by atoms with Crippen LogP contribution in [0.15, 0.2) is 12.3 Å². The molecule has 0 atom stereocenters.